The topological polar surface area (TPSA) is 58.6 Å². The lowest BCUT2D eigenvalue weighted by atomic mass is 9.76. The third-order valence-corrected chi connectivity index (χ3v) is 4.74. The zero-order chi connectivity index (χ0) is 18.7. The molecule has 0 fully saturated rings. The normalized spacial score (nSPS) is 19.5. The van der Waals surface area contributed by atoms with Crippen molar-refractivity contribution < 1.29 is 14.6 Å². The van der Waals surface area contributed by atoms with Crippen LogP contribution in [0.4, 0.5) is 4.79 Å². The number of nitrogens with one attached hydrogen (secondary N) is 1. The van der Waals surface area contributed by atoms with Gasteiger partial charge in [-0.05, 0) is 68.9 Å². The van der Waals surface area contributed by atoms with Crippen LogP contribution >= 0.6 is 0 Å². The molecule has 1 aliphatic rings. The molecule has 26 heavy (non-hydrogen) atoms. The van der Waals surface area contributed by atoms with Crippen LogP contribution in [-0.2, 0) is 17.6 Å². The third-order valence-electron chi connectivity index (χ3n) is 4.74. The van der Waals surface area contributed by atoms with Crippen molar-refractivity contribution in [3.05, 3.63) is 65.2 Å². The van der Waals surface area contributed by atoms with Crippen LogP contribution in [0.2, 0.25) is 0 Å². The van der Waals surface area contributed by atoms with E-state index in [1.54, 1.807) is 6.07 Å². The summed E-state index contributed by atoms with van der Waals surface area (Å²) >= 11 is 0. The number of carbonyl (C=O) groups is 1. The quantitative estimate of drug-likeness (QED) is 0.850. The fourth-order valence-electron chi connectivity index (χ4n) is 3.64. The Labute approximate surface area is 155 Å². The van der Waals surface area contributed by atoms with E-state index in [2.05, 4.69) is 17.4 Å². The van der Waals surface area contributed by atoms with E-state index in [4.69, 9.17) is 4.74 Å². The maximum absolute atomic E-state index is 12.3. The van der Waals surface area contributed by atoms with Crippen molar-refractivity contribution in [1.29, 1.82) is 0 Å². The van der Waals surface area contributed by atoms with Crippen LogP contribution in [0.5, 0.6) is 5.75 Å². The number of hydrogen-bond donors (Lipinski definition) is 2. The van der Waals surface area contributed by atoms with E-state index in [0.29, 0.717) is 0 Å². The van der Waals surface area contributed by atoms with E-state index in [-0.39, 0.29) is 23.8 Å². The summed E-state index contributed by atoms with van der Waals surface area (Å²) in [5.74, 6) is 0.362. The average Bonchev–Trinajstić information content (AvgIpc) is 2.56. The molecule has 1 amide bonds. The van der Waals surface area contributed by atoms with Gasteiger partial charge < -0.3 is 15.2 Å². The third kappa shape index (κ3) is 4.57. The molecule has 0 saturated heterocycles. The first-order valence-corrected chi connectivity index (χ1v) is 9.17. The maximum atomic E-state index is 12.3. The van der Waals surface area contributed by atoms with Crippen molar-refractivity contribution >= 4 is 6.09 Å². The Morgan fingerprint density at radius 3 is 2.62 bits per heavy atom. The molecule has 4 heteroatoms. The molecule has 0 heterocycles. The van der Waals surface area contributed by atoms with Gasteiger partial charge in [-0.1, -0.05) is 36.4 Å². The molecule has 0 spiro atoms. The zero-order valence-electron chi connectivity index (χ0n) is 15.7. The van der Waals surface area contributed by atoms with E-state index >= 15 is 0 Å². The summed E-state index contributed by atoms with van der Waals surface area (Å²) < 4.78 is 5.45. The van der Waals surface area contributed by atoms with E-state index < -0.39 is 5.60 Å². The van der Waals surface area contributed by atoms with Crippen LogP contribution in [0, 0.1) is 0 Å². The Bertz CT molecular complexity index is 765. The highest BCUT2D eigenvalue weighted by Crippen LogP contribution is 2.36. The Morgan fingerprint density at radius 1 is 1.19 bits per heavy atom. The number of rotatable bonds is 3. The summed E-state index contributed by atoms with van der Waals surface area (Å²) in [5.41, 5.74) is 3.04. The van der Waals surface area contributed by atoms with E-state index in [0.717, 1.165) is 24.8 Å². The Morgan fingerprint density at radius 2 is 1.92 bits per heavy atom. The molecule has 0 saturated carbocycles. The Kier molecular flexibility index (Phi) is 5.21. The van der Waals surface area contributed by atoms with Gasteiger partial charge in [-0.25, -0.2) is 4.79 Å². The monoisotopic (exact) mass is 353 g/mol. The predicted molar refractivity (Wildman–Crippen MR) is 102 cm³/mol. The molecule has 2 atom stereocenters. The molecule has 0 bridgehead atoms. The lowest BCUT2D eigenvalue weighted by molar-refractivity contribution is 0.0491. The number of amides is 1. The smallest absolute Gasteiger partial charge is 0.407 e. The van der Waals surface area contributed by atoms with Crippen molar-refractivity contribution in [3.8, 4) is 5.75 Å². The number of benzene rings is 2. The first kappa shape index (κ1) is 18.3. The molecule has 2 N–H and O–H groups in total. The molecule has 2 aromatic carbocycles. The minimum atomic E-state index is -0.524. The number of phenolic OH excluding ortho intramolecular Hbond substituents is 1. The van der Waals surface area contributed by atoms with E-state index in [9.17, 15) is 9.90 Å². The number of alkyl carbamates (subject to hydrolysis) is 1. The van der Waals surface area contributed by atoms with Crippen LogP contribution in [0.3, 0.4) is 0 Å². The number of ether oxygens (including phenoxy) is 1. The van der Waals surface area contributed by atoms with Crippen molar-refractivity contribution in [2.24, 2.45) is 0 Å². The summed E-state index contributed by atoms with van der Waals surface area (Å²) in [5, 5.41) is 13.0. The molecule has 0 radical (unpaired) electrons. The second-order valence-electron chi connectivity index (χ2n) is 7.97. The lowest BCUT2D eigenvalue weighted by Crippen LogP contribution is -2.44. The summed E-state index contributed by atoms with van der Waals surface area (Å²) in [6.45, 7) is 5.59. The second kappa shape index (κ2) is 7.40. The first-order chi connectivity index (χ1) is 12.3. The highest BCUT2D eigenvalue weighted by molar-refractivity contribution is 5.68. The van der Waals surface area contributed by atoms with Gasteiger partial charge in [0.15, 0.2) is 0 Å². The molecule has 0 aromatic heterocycles. The summed E-state index contributed by atoms with van der Waals surface area (Å²) in [6, 6.07) is 15.8. The summed E-state index contributed by atoms with van der Waals surface area (Å²) in [4.78, 5) is 12.3. The number of phenols is 1. The molecular formula is C22H27NO3. The number of fused-ring (bicyclic) bond motifs is 1. The van der Waals surface area contributed by atoms with Crippen molar-refractivity contribution in [2.75, 3.05) is 0 Å². The second-order valence-corrected chi connectivity index (χ2v) is 7.97. The lowest BCUT2D eigenvalue weighted by Gasteiger charge is -2.35. The van der Waals surface area contributed by atoms with Gasteiger partial charge in [-0.2, -0.15) is 0 Å². The predicted octanol–water partition coefficient (Wildman–Crippen LogP) is 4.56. The molecule has 2 aromatic rings. The van der Waals surface area contributed by atoms with Gasteiger partial charge in [-0.15, -0.1) is 0 Å². The maximum Gasteiger partial charge on any atom is 0.407 e. The van der Waals surface area contributed by atoms with Crippen LogP contribution in [0.25, 0.3) is 0 Å². The van der Waals surface area contributed by atoms with E-state index in [1.165, 1.54) is 11.1 Å². The Balaban J connectivity index is 1.86. The molecule has 2 unspecified atom stereocenters. The zero-order valence-corrected chi connectivity index (χ0v) is 15.7. The highest BCUT2D eigenvalue weighted by Gasteiger charge is 2.32. The molecule has 1 aliphatic carbocycles. The van der Waals surface area contributed by atoms with Crippen LogP contribution in [0.1, 0.15) is 49.8 Å². The molecule has 4 nitrogen and oxygen atoms in total. The van der Waals surface area contributed by atoms with Crippen LogP contribution in [-0.4, -0.2) is 22.8 Å². The molecular weight excluding hydrogens is 326 g/mol. The van der Waals surface area contributed by atoms with Gasteiger partial charge in [0, 0.05) is 12.0 Å². The van der Waals surface area contributed by atoms with Gasteiger partial charge in [-0.3, -0.25) is 0 Å². The van der Waals surface area contributed by atoms with Gasteiger partial charge in [0.2, 0.25) is 0 Å². The van der Waals surface area contributed by atoms with Gasteiger partial charge in [0.25, 0.3) is 0 Å². The fourth-order valence-corrected chi connectivity index (χ4v) is 3.64. The minimum absolute atomic E-state index is 0.0284. The highest BCUT2D eigenvalue weighted by atomic mass is 16.6. The largest absolute Gasteiger partial charge is 0.508 e. The van der Waals surface area contributed by atoms with Crippen LogP contribution in [0.15, 0.2) is 48.5 Å². The molecule has 3 rings (SSSR count). The van der Waals surface area contributed by atoms with Gasteiger partial charge in [0.1, 0.15) is 11.4 Å². The molecule has 0 aliphatic heterocycles. The summed E-state index contributed by atoms with van der Waals surface area (Å²) in [7, 11) is 0. The average molecular weight is 353 g/mol. The van der Waals surface area contributed by atoms with E-state index in [1.807, 2.05) is 51.1 Å². The number of aryl methyl sites for hydroxylation is 1. The van der Waals surface area contributed by atoms with Crippen molar-refractivity contribution in [2.45, 2.75) is 57.6 Å². The standard InChI is InChI=1S/C22H27NO3/c1-22(2,3)26-21(25)23-20-12-10-16-9-11-17(24)14-18(16)19(20)13-15-7-5-4-6-8-15/h4-9,11,14,19-20,24H,10,12-13H2,1-3H3,(H,23,25). The van der Waals surface area contributed by atoms with Gasteiger partial charge >= 0.3 is 6.09 Å². The Hall–Kier alpha value is -2.49. The fraction of sp³-hybridized carbons (Fsp3) is 0.409. The minimum Gasteiger partial charge on any atom is -0.508 e. The van der Waals surface area contributed by atoms with Gasteiger partial charge in [0.05, 0.1) is 0 Å². The number of carbonyl (C=O) groups excluding carboxylic acids is 1. The van der Waals surface area contributed by atoms with Crippen LogP contribution < -0.4 is 5.32 Å². The number of aromatic hydroxyl groups is 1. The van der Waals surface area contributed by atoms with Crippen molar-refractivity contribution in [3.63, 3.8) is 0 Å². The molecule has 138 valence electrons. The summed E-state index contributed by atoms with van der Waals surface area (Å²) in [6.07, 6.45) is 2.15. The number of hydrogen-bond acceptors (Lipinski definition) is 3. The SMILES string of the molecule is CC(C)(C)OC(=O)NC1CCc2ccc(O)cc2C1Cc1ccccc1. The van der Waals surface area contributed by atoms with Crippen molar-refractivity contribution in [1.82, 2.24) is 5.32 Å². The first-order valence-electron chi connectivity index (χ1n) is 9.17.